The van der Waals surface area contributed by atoms with Gasteiger partial charge < -0.3 is 59.5 Å². The number of aromatic nitrogens is 4. The van der Waals surface area contributed by atoms with Crippen molar-refractivity contribution in [3.05, 3.63) is 131 Å². The first kappa shape index (κ1) is 48.6. The molecule has 4 aromatic carbocycles. The molecule has 7 heterocycles. The Labute approximate surface area is 431 Å². The van der Waals surface area contributed by atoms with Gasteiger partial charge in [0.1, 0.15) is 48.4 Å². The first-order valence-corrected chi connectivity index (χ1v) is 25.9. The van der Waals surface area contributed by atoms with Crippen LogP contribution in [0.2, 0.25) is 0 Å². The number of nitrogens with zero attached hydrogens (tertiary/aromatic N) is 8. The summed E-state index contributed by atoms with van der Waals surface area (Å²) in [6.45, 7) is 9.50. The average molecular weight is 1000 g/mol. The van der Waals surface area contributed by atoms with Crippen LogP contribution < -0.4 is 20.1 Å². The number of H-pyrrole nitrogens is 2. The standard InChI is InChI=1S/C56H64N12O6/c1-4-17-67(53(69)50(36-12-7-5-8-13-36)61-55(71)65-23-19-63(2)20-24-65)33-47-57-31-42(59-47)38-27-40-34-74-46-30-39(28-41-35-73-45(29-38)48(40)49(41)46)43-32-58-52(60-43)44-16-11-18-68(44)54(70)51(37-14-9-6-10-15-37)62-56(72)66-25-21-64(3)22-26-66/h5-10,12-15,27-32,44,50-51H,4,11,16-26,33-35H2,1-3H3,(H,57,59)(H,58,60)(H,61,71)(H,62,72). The average Bonchev–Trinajstić information content (AvgIpc) is 4.24. The van der Waals surface area contributed by atoms with E-state index in [1.165, 1.54) is 0 Å². The van der Waals surface area contributed by atoms with Gasteiger partial charge in [-0.05, 0) is 68.8 Å². The predicted octanol–water partition coefficient (Wildman–Crippen LogP) is 6.72. The van der Waals surface area contributed by atoms with Gasteiger partial charge in [0.05, 0.1) is 36.4 Å². The van der Waals surface area contributed by atoms with E-state index >= 15 is 0 Å². The van der Waals surface area contributed by atoms with Crippen LogP contribution in [0.5, 0.6) is 11.5 Å². The van der Waals surface area contributed by atoms with Crippen LogP contribution in [-0.4, -0.2) is 153 Å². The van der Waals surface area contributed by atoms with Gasteiger partial charge in [-0.3, -0.25) is 9.59 Å². The van der Waals surface area contributed by atoms with E-state index in [0.717, 1.165) is 113 Å². The number of aromatic amines is 2. The SMILES string of the molecule is CCCN(Cc1ncc(-c2cc3c4c(c2)OCc2cc(-c5cnc(C6CCCN6C(=O)C(NC(=O)N6CCN(C)CC6)c6ccccc6)[nH]5)cc(c2-4)OC3)[nH]1)C(=O)C(NC(=O)N1CCN(C)CC1)c1ccccc1. The third-order valence-electron chi connectivity index (χ3n) is 15.1. The van der Waals surface area contributed by atoms with Gasteiger partial charge in [-0.1, -0.05) is 67.6 Å². The highest BCUT2D eigenvalue weighted by Gasteiger charge is 2.39. The van der Waals surface area contributed by atoms with Crippen molar-refractivity contribution in [3.8, 4) is 45.1 Å². The lowest BCUT2D eigenvalue weighted by Crippen LogP contribution is -2.53. The number of benzene rings is 4. The number of carbonyl (C=O) groups is 4. The van der Waals surface area contributed by atoms with Crippen LogP contribution >= 0.6 is 0 Å². The third kappa shape index (κ3) is 9.90. The Balaban J connectivity index is 0.792. The fourth-order valence-electron chi connectivity index (χ4n) is 10.9. The van der Waals surface area contributed by atoms with Gasteiger partial charge in [0.25, 0.3) is 0 Å². The zero-order valence-corrected chi connectivity index (χ0v) is 42.3. The highest BCUT2D eigenvalue weighted by Crippen LogP contribution is 2.51. The number of amides is 6. The minimum atomic E-state index is -0.857. The second-order valence-electron chi connectivity index (χ2n) is 20.1. The molecule has 0 spiro atoms. The molecule has 18 heteroatoms. The van der Waals surface area contributed by atoms with E-state index in [1.54, 1.807) is 20.9 Å². The molecule has 4 N–H and O–H groups in total. The molecule has 3 fully saturated rings. The van der Waals surface area contributed by atoms with Gasteiger partial charge in [0.15, 0.2) is 0 Å². The van der Waals surface area contributed by atoms with E-state index < -0.39 is 12.1 Å². The maximum Gasteiger partial charge on any atom is 0.318 e. The second kappa shape index (κ2) is 21.0. The molecule has 0 bridgehead atoms. The molecular formula is C56H64N12O6. The summed E-state index contributed by atoms with van der Waals surface area (Å²) in [6, 6.07) is 24.7. The van der Waals surface area contributed by atoms with E-state index in [2.05, 4.69) is 42.5 Å². The van der Waals surface area contributed by atoms with Gasteiger partial charge in [0.2, 0.25) is 11.8 Å². The molecule has 6 amide bonds. The Morgan fingerprint density at radius 3 is 1.77 bits per heavy atom. The molecule has 11 rings (SSSR count). The van der Waals surface area contributed by atoms with Crippen molar-refractivity contribution in [2.45, 2.75) is 64.1 Å². The molecule has 3 saturated heterocycles. The number of piperazine rings is 2. The molecule has 0 aliphatic carbocycles. The molecule has 0 radical (unpaired) electrons. The summed E-state index contributed by atoms with van der Waals surface area (Å²) in [5.74, 6) is 2.48. The number of likely N-dealkylation sites (tertiary alicyclic amines) is 1. The third-order valence-corrected chi connectivity index (χ3v) is 15.1. The Kier molecular flexibility index (Phi) is 13.8. The van der Waals surface area contributed by atoms with E-state index in [1.807, 2.05) is 105 Å². The van der Waals surface area contributed by atoms with Crippen molar-refractivity contribution in [2.75, 3.05) is 79.5 Å². The zero-order chi connectivity index (χ0) is 50.9. The van der Waals surface area contributed by atoms with Crippen LogP contribution in [0.25, 0.3) is 33.6 Å². The van der Waals surface area contributed by atoms with Crippen LogP contribution in [0.4, 0.5) is 9.59 Å². The highest BCUT2D eigenvalue weighted by atomic mass is 16.5. The first-order valence-electron chi connectivity index (χ1n) is 25.9. The number of nitrogens with one attached hydrogen (secondary N) is 4. The lowest BCUT2D eigenvalue weighted by atomic mass is 9.87. The maximum absolute atomic E-state index is 14.5. The number of imidazole rings is 2. The van der Waals surface area contributed by atoms with Crippen molar-refractivity contribution in [1.29, 1.82) is 0 Å². The quantitative estimate of drug-likeness (QED) is 0.0968. The molecule has 18 nitrogen and oxygen atoms in total. The molecular weight excluding hydrogens is 937 g/mol. The summed E-state index contributed by atoms with van der Waals surface area (Å²) >= 11 is 0. The van der Waals surface area contributed by atoms with Crippen molar-refractivity contribution in [2.24, 2.45) is 0 Å². The van der Waals surface area contributed by atoms with Crippen LogP contribution in [0.15, 0.2) is 97.3 Å². The van der Waals surface area contributed by atoms with Crippen molar-refractivity contribution in [1.82, 2.24) is 60.0 Å². The molecule has 2 aromatic heterocycles. The Morgan fingerprint density at radius 2 is 1.20 bits per heavy atom. The van der Waals surface area contributed by atoms with Gasteiger partial charge in [-0.25, -0.2) is 19.6 Å². The van der Waals surface area contributed by atoms with Crippen LogP contribution in [0.3, 0.4) is 0 Å². The predicted molar refractivity (Wildman–Crippen MR) is 279 cm³/mol. The van der Waals surface area contributed by atoms with Crippen molar-refractivity contribution >= 4 is 23.9 Å². The fraction of sp³-hybridized carbons (Fsp3) is 0.393. The van der Waals surface area contributed by atoms with E-state index in [-0.39, 0.29) is 36.5 Å². The van der Waals surface area contributed by atoms with Crippen molar-refractivity contribution < 1.29 is 28.7 Å². The number of ether oxygens (including phenoxy) is 2. The molecule has 384 valence electrons. The molecule has 3 unspecified atom stereocenters. The number of urea groups is 2. The number of hydrogen-bond donors (Lipinski definition) is 4. The molecule has 0 saturated carbocycles. The maximum atomic E-state index is 14.5. The molecule has 6 aromatic rings. The Morgan fingerprint density at radius 1 is 0.676 bits per heavy atom. The second-order valence-corrected chi connectivity index (χ2v) is 20.1. The largest absolute Gasteiger partial charge is 0.488 e. The van der Waals surface area contributed by atoms with Gasteiger partial charge in [-0.15, -0.1) is 0 Å². The van der Waals surface area contributed by atoms with Crippen molar-refractivity contribution in [3.63, 3.8) is 0 Å². The zero-order valence-electron chi connectivity index (χ0n) is 42.3. The van der Waals surface area contributed by atoms with Crippen LogP contribution in [0, 0.1) is 0 Å². The topological polar surface area (TPSA) is 188 Å². The van der Waals surface area contributed by atoms with Gasteiger partial charge in [-0.2, -0.15) is 0 Å². The Hall–Kier alpha value is -7.70. The Bertz CT molecular complexity index is 2970. The molecule has 74 heavy (non-hydrogen) atoms. The summed E-state index contributed by atoms with van der Waals surface area (Å²) in [7, 11) is 4.09. The fourth-order valence-corrected chi connectivity index (χ4v) is 10.9. The van der Waals surface area contributed by atoms with Gasteiger partial charge >= 0.3 is 12.1 Å². The summed E-state index contributed by atoms with van der Waals surface area (Å²) in [6.07, 6.45) is 5.88. The van der Waals surface area contributed by atoms with Crippen LogP contribution in [0.1, 0.15) is 78.2 Å². The normalized spacial score (nSPS) is 18.2. The lowest BCUT2D eigenvalue weighted by Gasteiger charge is -2.34. The number of hydrogen-bond acceptors (Lipinski definition) is 10. The van der Waals surface area contributed by atoms with Crippen LogP contribution in [-0.2, 0) is 29.3 Å². The summed E-state index contributed by atoms with van der Waals surface area (Å²) in [5, 5.41) is 6.16. The smallest absolute Gasteiger partial charge is 0.318 e. The van der Waals surface area contributed by atoms with E-state index in [4.69, 9.17) is 19.4 Å². The summed E-state index contributed by atoms with van der Waals surface area (Å²) in [5.41, 5.74) is 8.83. The minimum Gasteiger partial charge on any atom is -0.488 e. The minimum absolute atomic E-state index is 0.156. The monoisotopic (exact) mass is 1000 g/mol. The molecule has 5 aliphatic rings. The summed E-state index contributed by atoms with van der Waals surface area (Å²) in [4.78, 5) is 84.3. The highest BCUT2D eigenvalue weighted by molar-refractivity contribution is 5.91. The van der Waals surface area contributed by atoms with Gasteiger partial charge in [0, 0.05) is 98.8 Å². The van der Waals surface area contributed by atoms with E-state index in [0.29, 0.717) is 64.1 Å². The summed E-state index contributed by atoms with van der Waals surface area (Å²) < 4.78 is 13.1. The number of carbonyl (C=O) groups excluding carboxylic acids is 4. The van der Waals surface area contributed by atoms with E-state index in [9.17, 15) is 19.2 Å². The molecule has 3 atom stereocenters. The number of likely N-dealkylation sites (N-methyl/N-ethyl adjacent to an activating group) is 2. The number of rotatable bonds is 13. The first-order chi connectivity index (χ1) is 36.1. The molecule has 5 aliphatic heterocycles. The lowest BCUT2D eigenvalue weighted by molar-refractivity contribution is -0.135.